The van der Waals surface area contributed by atoms with Gasteiger partial charge < -0.3 is 14.2 Å². The van der Waals surface area contributed by atoms with Crippen LogP contribution < -0.4 is 4.74 Å². The lowest BCUT2D eigenvalue weighted by molar-refractivity contribution is -0.00461. The number of rotatable bonds is 6. The van der Waals surface area contributed by atoms with Gasteiger partial charge in [0, 0.05) is 19.6 Å². The Hall–Kier alpha value is -2.00. The van der Waals surface area contributed by atoms with Crippen LogP contribution in [0, 0.1) is 5.82 Å². The van der Waals surface area contributed by atoms with E-state index in [2.05, 4.69) is 4.90 Å². The minimum atomic E-state index is -3.30. The average Bonchev–Trinajstić information content (AvgIpc) is 3.04. The molecule has 2 aromatic rings. The van der Waals surface area contributed by atoms with Gasteiger partial charge in [0.05, 0.1) is 36.1 Å². The second-order valence-corrected chi connectivity index (χ2v) is 9.44. The lowest BCUT2D eigenvalue weighted by Gasteiger charge is -2.19. The third-order valence-corrected chi connectivity index (χ3v) is 6.89. The number of hydrogen-bond acceptors (Lipinski definition) is 6. The summed E-state index contributed by atoms with van der Waals surface area (Å²) in [6, 6.07) is 14.4. The van der Waals surface area contributed by atoms with Gasteiger partial charge in [0.2, 0.25) is 0 Å². The fourth-order valence-corrected chi connectivity index (χ4v) is 4.91. The molecule has 0 unspecified atom stereocenters. The summed E-state index contributed by atoms with van der Waals surface area (Å²) in [6.07, 6.45) is -0.495. The third kappa shape index (κ3) is 5.14. The summed E-state index contributed by atoms with van der Waals surface area (Å²) in [5.74, 6) is 0.324. The maximum Gasteiger partial charge on any atom is 0.179 e. The molecule has 2 heterocycles. The van der Waals surface area contributed by atoms with Gasteiger partial charge in [-0.15, -0.1) is 0 Å². The van der Waals surface area contributed by atoms with Crippen molar-refractivity contribution >= 4 is 9.84 Å². The summed E-state index contributed by atoms with van der Waals surface area (Å²) in [7, 11) is -3.30. The Kier molecular flexibility index (Phi) is 6.15. The van der Waals surface area contributed by atoms with Gasteiger partial charge >= 0.3 is 0 Å². The van der Waals surface area contributed by atoms with Gasteiger partial charge in [-0.3, -0.25) is 4.90 Å². The molecule has 2 aliphatic rings. The summed E-state index contributed by atoms with van der Waals surface area (Å²) in [4.78, 5) is 2.42. The molecule has 2 atom stereocenters. The minimum Gasteiger partial charge on any atom is -0.486 e. The first-order valence-electron chi connectivity index (χ1n) is 9.65. The number of fused-ring (bicyclic) bond motifs is 1. The van der Waals surface area contributed by atoms with E-state index in [-0.39, 0.29) is 29.9 Å². The fraction of sp³-hybridized carbons (Fsp3) is 0.429. The number of benzene rings is 2. The van der Waals surface area contributed by atoms with Crippen molar-refractivity contribution in [1.82, 2.24) is 4.90 Å². The molecular formula is C21H24FNO5S. The predicted octanol–water partition coefficient (Wildman–Crippen LogP) is 2.15. The molecule has 0 aliphatic carbocycles. The van der Waals surface area contributed by atoms with E-state index in [4.69, 9.17) is 14.2 Å². The number of halogens is 1. The Morgan fingerprint density at radius 1 is 0.966 bits per heavy atom. The Balaban J connectivity index is 1.27. The van der Waals surface area contributed by atoms with Crippen LogP contribution in [0.3, 0.4) is 0 Å². The van der Waals surface area contributed by atoms with Crippen molar-refractivity contribution in [2.75, 3.05) is 38.6 Å². The third-order valence-electron chi connectivity index (χ3n) is 5.18. The van der Waals surface area contributed by atoms with E-state index in [0.29, 0.717) is 43.5 Å². The van der Waals surface area contributed by atoms with E-state index < -0.39 is 9.84 Å². The van der Waals surface area contributed by atoms with Crippen molar-refractivity contribution in [3.05, 3.63) is 60.4 Å². The van der Waals surface area contributed by atoms with Crippen LogP contribution in [0.2, 0.25) is 0 Å². The second-order valence-electron chi connectivity index (χ2n) is 7.33. The molecule has 2 saturated heterocycles. The molecule has 0 saturated carbocycles. The van der Waals surface area contributed by atoms with Crippen molar-refractivity contribution in [2.45, 2.75) is 23.2 Å². The normalized spacial score (nSPS) is 23.5. The first kappa shape index (κ1) is 20.3. The zero-order valence-electron chi connectivity index (χ0n) is 15.9. The first-order chi connectivity index (χ1) is 14.0. The zero-order chi connectivity index (χ0) is 20.3. The second kappa shape index (κ2) is 8.79. The number of sulfone groups is 1. The van der Waals surface area contributed by atoms with Crippen LogP contribution in [-0.2, 0) is 19.3 Å². The smallest absolute Gasteiger partial charge is 0.179 e. The molecule has 0 aromatic heterocycles. The van der Waals surface area contributed by atoms with Gasteiger partial charge in [-0.2, -0.15) is 0 Å². The minimum absolute atomic E-state index is 0.0623. The van der Waals surface area contributed by atoms with Crippen molar-refractivity contribution in [3.8, 4) is 5.75 Å². The van der Waals surface area contributed by atoms with Crippen molar-refractivity contribution in [3.63, 3.8) is 0 Å². The van der Waals surface area contributed by atoms with Crippen LogP contribution in [0.5, 0.6) is 5.75 Å². The van der Waals surface area contributed by atoms with Crippen molar-refractivity contribution in [2.24, 2.45) is 0 Å². The van der Waals surface area contributed by atoms with Crippen LogP contribution in [-0.4, -0.2) is 70.2 Å². The quantitative estimate of drug-likeness (QED) is 0.712. The van der Waals surface area contributed by atoms with Crippen LogP contribution in [0.4, 0.5) is 4.39 Å². The summed E-state index contributed by atoms with van der Waals surface area (Å²) in [5, 5.41) is 0. The molecule has 156 valence electrons. The van der Waals surface area contributed by atoms with Crippen LogP contribution in [0.15, 0.2) is 59.5 Å². The number of hydrogen-bond donors (Lipinski definition) is 0. The Labute approximate surface area is 170 Å². The maximum absolute atomic E-state index is 13.0. The molecule has 2 aliphatic heterocycles. The number of nitrogens with zero attached hydrogens (tertiary/aromatic N) is 1. The van der Waals surface area contributed by atoms with E-state index in [0.717, 1.165) is 0 Å². The van der Waals surface area contributed by atoms with E-state index in [9.17, 15) is 12.8 Å². The van der Waals surface area contributed by atoms with Crippen LogP contribution in [0.25, 0.3) is 0 Å². The molecule has 0 spiro atoms. The van der Waals surface area contributed by atoms with E-state index in [1.54, 1.807) is 42.5 Å². The molecular weight excluding hydrogens is 397 g/mol. The lowest BCUT2D eigenvalue weighted by atomic mass is 10.3. The highest BCUT2D eigenvalue weighted by molar-refractivity contribution is 7.91. The first-order valence-corrected chi connectivity index (χ1v) is 11.3. The molecule has 2 fully saturated rings. The van der Waals surface area contributed by atoms with Crippen molar-refractivity contribution < 1.29 is 27.0 Å². The fourth-order valence-electron chi connectivity index (χ4n) is 3.60. The molecule has 0 radical (unpaired) electrons. The van der Waals surface area contributed by atoms with Gasteiger partial charge in [0.15, 0.2) is 9.84 Å². The van der Waals surface area contributed by atoms with E-state index in [1.165, 1.54) is 12.1 Å². The van der Waals surface area contributed by atoms with Gasteiger partial charge in [-0.25, -0.2) is 12.8 Å². The maximum atomic E-state index is 13.0. The highest BCUT2D eigenvalue weighted by atomic mass is 32.2. The molecule has 2 aromatic carbocycles. The molecule has 0 bridgehead atoms. The molecule has 4 rings (SSSR count). The summed E-state index contributed by atoms with van der Waals surface area (Å²) >= 11 is 0. The Morgan fingerprint density at radius 2 is 1.59 bits per heavy atom. The van der Waals surface area contributed by atoms with E-state index in [1.807, 2.05) is 0 Å². The molecule has 8 heteroatoms. The van der Waals surface area contributed by atoms with Crippen LogP contribution >= 0.6 is 0 Å². The lowest BCUT2D eigenvalue weighted by Crippen LogP contribution is -2.31. The monoisotopic (exact) mass is 421 g/mol. The number of likely N-dealkylation sites (tertiary alicyclic amines) is 1. The summed E-state index contributed by atoms with van der Waals surface area (Å²) in [5.41, 5.74) is 0. The molecule has 6 nitrogen and oxygen atoms in total. The number of ether oxygens (including phenoxy) is 3. The molecule has 29 heavy (non-hydrogen) atoms. The predicted molar refractivity (Wildman–Crippen MR) is 105 cm³/mol. The summed E-state index contributed by atoms with van der Waals surface area (Å²) < 4.78 is 55.7. The van der Waals surface area contributed by atoms with Gasteiger partial charge in [0.1, 0.15) is 17.7 Å². The van der Waals surface area contributed by atoms with Crippen LogP contribution in [0.1, 0.15) is 0 Å². The van der Waals surface area contributed by atoms with Gasteiger partial charge in [0.25, 0.3) is 0 Å². The average molecular weight is 421 g/mol. The zero-order valence-corrected chi connectivity index (χ0v) is 16.8. The molecule has 0 N–H and O–H groups in total. The van der Waals surface area contributed by atoms with Gasteiger partial charge in [-0.1, -0.05) is 18.2 Å². The molecule has 0 amide bonds. The van der Waals surface area contributed by atoms with Crippen molar-refractivity contribution in [1.29, 1.82) is 0 Å². The highest BCUT2D eigenvalue weighted by Crippen LogP contribution is 2.23. The topological polar surface area (TPSA) is 65.1 Å². The largest absolute Gasteiger partial charge is 0.486 e. The Bertz CT molecular complexity index is 890. The van der Waals surface area contributed by atoms with Gasteiger partial charge in [-0.05, 0) is 36.4 Å². The summed E-state index contributed by atoms with van der Waals surface area (Å²) in [6.45, 7) is 2.42. The Morgan fingerprint density at radius 3 is 2.21 bits per heavy atom. The SMILES string of the molecule is O=S(=O)(CCN1C[C@@H]2OCC(Oc3ccc(F)cc3)CO[C@H]2C1)c1ccccc1. The standard InChI is InChI=1S/C21H24FNO5S/c22-16-6-8-17(9-7-16)28-18-14-26-20-12-23(13-21(20)27-15-18)10-11-29(24,25)19-4-2-1-3-5-19/h1-9,18,20-21H,10-15H2/t20-,21-/m0/s1. The van der Waals surface area contributed by atoms with E-state index >= 15 is 0 Å². The highest BCUT2D eigenvalue weighted by Gasteiger charge is 2.38.